The Hall–Kier alpha value is -5.44. The van der Waals surface area contributed by atoms with E-state index in [9.17, 15) is 0 Å². The minimum absolute atomic E-state index is 1.13. The fraction of sp³-hybridized carbons (Fsp3) is 0. The van der Waals surface area contributed by atoms with Crippen LogP contribution < -0.4 is 4.90 Å². The Kier molecular flexibility index (Phi) is 5.75. The highest BCUT2D eigenvalue weighted by Gasteiger charge is 2.16. The minimum Gasteiger partial charge on any atom is -0.310 e. The van der Waals surface area contributed by atoms with Crippen molar-refractivity contribution in [2.75, 3.05) is 4.90 Å². The Morgan fingerprint density at radius 3 is 1.82 bits per heavy atom. The van der Waals surface area contributed by atoms with Crippen LogP contribution in [0.1, 0.15) is 0 Å². The van der Waals surface area contributed by atoms with E-state index >= 15 is 0 Å². The van der Waals surface area contributed by atoms with Crippen molar-refractivity contribution in [1.29, 1.82) is 0 Å². The van der Waals surface area contributed by atoms with Gasteiger partial charge < -0.3 is 4.90 Å². The smallest absolute Gasteiger partial charge is 0.0468 e. The lowest BCUT2D eigenvalue weighted by Crippen LogP contribution is -2.09. The maximum atomic E-state index is 2.38. The van der Waals surface area contributed by atoms with Crippen molar-refractivity contribution in [1.82, 2.24) is 0 Å². The van der Waals surface area contributed by atoms with E-state index in [-0.39, 0.29) is 0 Å². The van der Waals surface area contributed by atoms with Crippen LogP contribution in [-0.2, 0) is 0 Å². The zero-order valence-corrected chi connectivity index (χ0v) is 24.8. The molecule has 9 aromatic rings. The fourth-order valence-electron chi connectivity index (χ4n) is 6.65. The van der Waals surface area contributed by atoms with Crippen molar-refractivity contribution in [3.63, 3.8) is 0 Å². The summed E-state index contributed by atoms with van der Waals surface area (Å²) < 4.78 is 2.70. The summed E-state index contributed by atoms with van der Waals surface area (Å²) in [5.41, 5.74) is 5.85. The molecule has 0 fully saturated rings. The molecule has 0 aliphatic carbocycles. The number of hydrogen-bond donors (Lipinski definition) is 0. The monoisotopic (exact) mass is 577 g/mol. The van der Waals surface area contributed by atoms with E-state index in [1.54, 1.807) is 0 Å². The van der Waals surface area contributed by atoms with Crippen LogP contribution in [0.15, 0.2) is 164 Å². The molecule has 1 nitrogen and oxygen atoms in total. The van der Waals surface area contributed by atoms with E-state index < -0.39 is 0 Å². The zero-order chi connectivity index (χ0) is 29.0. The van der Waals surface area contributed by atoms with Gasteiger partial charge >= 0.3 is 0 Å². The third kappa shape index (κ3) is 4.07. The molecule has 9 rings (SSSR count). The van der Waals surface area contributed by atoms with Gasteiger partial charge in [-0.1, -0.05) is 121 Å². The Morgan fingerprint density at radius 1 is 0.364 bits per heavy atom. The van der Waals surface area contributed by atoms with E-state index in [4.69, 9.17) is 0 Å². The lowest BCUT2D eigenvalue weighted by Gasteiger charge is -2.26. The molecule has 0 radical (unpaired) electrons. The molecule has 0 bridgehead atoms. The Morgan fingerprint density at radius 2 is 0.955 bits per heavy atom. The highest BCUT2D eigenvalue weighted by Crippen LogP contribution is 2.43. The minimum atomic E-state index is 1.13. The largest absolute Gasteiger partial charge is 0.310 e. The standard InChI is InChI=1S/C42H27NS/c1-2-8-28(9-3-1)30-16-20-34(21-17-30)43(35-22-18-29-10-4-5-11-32(29)26-35)36-23-25-37-33(27-36)15-14-31-19-24-39-38-12-6-7-13-40(38)44-42(39)41(31)37/h1-27H. The number of anilines is 3. The van der Waals surface area contributed by atoms with Gasteiger partial charge in [-0.25, -0.2) is 0 Å². The summed E-state index contributed by atoms with van der Waals surface area (Å²) >= 11 is 1.90. The van der Waals surface area contributed by atoms with Gasteiger partial charge in [-0.05, 0) is 80.5 Å². The van der Waals surface area contributed by atoms with Gasteiger partial charge in [-0.2, -0.15) is 0 Å². The van der Waals surface area contributed by atoms with Crippen LogP contribution in [0, 0.1) is 0 Å². The van der Waals surface area contributed by atoms with E-state index in [1.807, 2.05) is 11.3 Å². The molecule has 0 atom stereocenters. The van der Waals surface area contributed by atoms with Crippen LogP contribution in [0.4, 0.5) is 17.1 Å². The average molecular weight is 578 g/mol. The number of thiophene rings is 1. The molecule has 1 aromatic heterocycles. The van der Waals surface area contributed by atoms with Crippen LogP contribution >= 0.6 is 11.3 Å². The van der Waals surface area contributed by atoms with Gasteiger partial charge in [0.15, 0.2) is 0 Å². The van der Waals surface area contributed by atoms with Gasteiger partial charge in [0.1, 0.15) is 0 Å². The molecule has 44 heavy (non-hydrogen) atoms. The number of nitrogens with zero attached hydrogens (tertiary/aromatic N) is 1. The Bertz CT molecular complexity index is 2490. The Balaban J connectivity index is 1.24. The third-order valence-electron chi connectivity index (χ3n) is 8.81. The molecule has 2 heteroatoms. The molecular formula is C42H27NS. The van der Waals surface area contributed by atoms with Crippen LogP contribution in [-0.4, -0.2) is 0 Å². The molecule has 1 heterocycles. The molecule has 206 valence electrons. The van der Waals surface area contributed by atoms with Crippen molar-refractivity contribution in [2.24, 2.45) is 0 Å². The third-order valence-corrected chi connectivity index (χ3v) is 10.0. The first kappa shape index (κ1) is 25.1. The second-order valence-corrected chi connectivity index (χ2v) is 12.4. The normalized spacial score (nSPS) is 11.6. The summed E-state index contributed by atoms with van der Waals surface area (Å²) in [6, 6.07) is 59.7. The van der Waals surface area contributed by atoms with Gasteiger partial charge in [0.2, 0.25) is 0 Å². The molecule has 0 saturated heterocycles. The summed E-state index contributed by atoms with van der Waals surface area (Å²) in [7, 11) is 0. The number of fused-ring (bicyclic) bond motifs is 8. The lowest BCUT2D eigenvalue weighted by atomic mass is 9.99. The highest BCUT2D eigenvalue weighted by atomic mass is 32.1. The second kappa shape index (κ2) is 10.1. The predicted molar refractivity (Wildman–Crippen MR) is 192 cm³/mol. The van der Waals surface area contributed by atoms with Crippen molar-refractivity contribution in [2.45, 2.75) is 0 Å². The van der Waals surface area contributed by atoms with Crippen molar-refractivity contribution < 1.29 is 0 Å². The first-order valence-electron chi connectivity index (χ1n) is 15.0. The second-order valence-electron chi connectivity index (χ2n) is 11.4. The first-order chi connectivity index (χ1) is 21.8. The first-order valence-corrected chi connectivity index (χ1v) is 15.8. The molecule has 8 aromatic carbocycles. The van der Waals surface area contributed by atoms with Crippen LogP contribution in [0.25, 0.3) is 63.6 Å². The molecule has 0 aliphatic rings. The molecular weight excluding hydrogens is 551 g/mol. The van der Waals surface area contributed by atoms with E-state index in [0.29, 0.717) is 0 Å². The van der Waals surface area contributed by atoms with E-state index in [0.717, 1.165) is 17.1 Å². The summed E-state index contributed by atoms with van der Waals surface area (Å²) in [5.74, 6) is 0. The van der Waals surface area contributed by atoms with Gasteiger partial charge in [0.05, 0.1) is 0 Å². The lowest BCUT2D eigenvalue weighted by molar-refractivity contribution is 1.29. The van der Waals surface area contributed by atoms with Gasteiger partial charge in [0.25, 0.3) is 0 Å². The number of benzene rings is 8. The van der Waals surface area contributed by atoms with E-state index in [1.165, 1.54) is 63.6 Å². The summed E-state index contributed by atoms with van der Waals surface area (Å²) in [5, 5.41) is 10.3. The highest BCUT2D eigenvalue weighted by molar-refractivity contribution is 7.26. The SMILES string of the molecule is c1ccc(-c2ccc(N(c3ccc4ccccc4c3)c3ccc4c(ccc5ccc6c7ccccc7sc6c54)c3)cc2)cc1. The maximum absolute atomic E-state index is 2.38. The van der Waals surface area contributed by atoms with Crippen LogP contribution in [0.2, 0.25) is 0 Å². The topological polar surface area (TPSA) is 3.24 Å². The van der Waals surface area contributed by atoms with Crippen molar-refractivity contribution >= 4 is 80.9 Å². The summed E-state index contributed by atoms with van der Waals surface area (Å²) in [6.45, 7) is 0. The van der Waals surface area contributed by atoms with E-state index in [2.05, 4.69) is 169 Å². The van der Waals surface area contributed by atoms with Gasteiger partial charge in [-0.15, -0.1) is 11.3 Å². The zero-order valence-electron chi connectivity index (χ0n) is 23.9. The Labute approximate surface area is 259 Å². The van der Waals surface area contributed by atoms with Crippen molar-refractivity contribution in [3.05, 3.63) is 164 Å². The number of rotatable bonds is 4. The fourth-order valence-corrected chi connectivity index (χ4v) is 7.92. The molecule has 0 saturated carbocycles. The quantitative estimate of drug-likeness (QED) is 0.188. The number of hydrogen-bond acceptors (Lipinski definition) is 2. The molecule has 0 N–H and O–H groups in total. The molecule has 0 spiro atoms. The molecule has 0 unspecified atom stereocenters. The average Bonchev–Trinajstić information content (AvgIpc) is 3.48. The van der Waals surface area contributed by atoms with Crippen molar-refractivity contribution in [3.8, 4) is 11.1 Å². The van der Waals surface area contributed by atoms with Gasteiger partial charge in [-0.3, -0.25) is 0 Å². The summed E-state index contributed by atoms with van der Waals surface area (Å²) in [4.78, 5) is 2.38. The molecule has 0 aliphatic heterocycles. The van der Waals surface area contributed by atoms with Gasteiger partial charge in [0, 0.05) is 42.6 Å². The summed E-state index contributed by atoms with van der Waals surface area (Å²) in [6.07, 6.45) is 0. The van der Waals surface area contributed by atoms with Crippen LogP contribution in [0.3, 0.4) is 0 Å². The van der Waals surface area contributed by atoms with Crippen LogP contribution in [0.5, 0.6) is 0 Å². The maximum Gasteiger partial charge on any atom is 0.0468 e. The predicted octanol–water partition coefficient (Wildman–Crippen LogP) is 12.7. The molecule has 0 amide bonds.